The number of nitrogens with zero attached hydrogens (tertiary/aromatic N) is 3. The van der Waals surface area contributed by atoms with Crippen molar-refractivity contribution in [2.45, 2.75) is 44.2 Å². The van der Waals surface area contributed by atoms with Crippen LogP contribution >= 0.6 is 11.3 Å². The summed E-state index contributed by atoms with van der Waals surface area (Å²) in [5.41, 5.74) is 0.525. The predicted octanol–water partition coefficient (Wildman–Crippen LogP) is 2.59. The van der Waals surface area contributed by atoms with Crippen LogP contribution in [0.4, 0.5) is 0 Å². The van der Waals surface area contributed by atoms with Crippen LogP contribution in [0.3, 0.4) is 0 Å². The van der Waals surface area contributed by atoms with E-state index >= 15 is 0 Å². The van der Waals surface area contributed by atoms with Crippen molar-refractivity contribution in [1.82, 2.24) is 14.8 Å². The largest absolute Gasteiger partial charge is 0.301 e. The van der Waals surface area contributed by atoms with Crippen LogP contribution in [0.5, 0.6) is 0 Å². The quantitative estimate of drug-likeness (QED) is 0.819. The molecule has 0 bridgehead atoms. The normalized spacial score (nSPS) is 25.6. The summed E-state index contributed by atoms with van der Waals surface area (Å²) in [6.07, 6.45) is 8.83. The van der Waals surface area contributed by atoms with Crippen molar-refractivity contribution in [3.63, 3.8) is 0 Å². The van der Waals surface area contributed by atoms with E-state index in [2.05, 4.69) is 27.2 Å². The highest BCUT2D eigenvalue weighted by atomic mass is 32.1. The summed E-state index contributed by atoms with van der Waals surface area (Å²) < 4.78 is 0. The van der Waals surface area contributed by atoms with Crippen molar-refractivity contribution in [1.29, 1.82) is 0 Å². The molecule has 0 radical (unpaired) electrons. The molecule has 3 nitrogen and oxygen atoms in total. The monoisotopic (exact) mass is 265 g/mol. The van der Waals surface area contributed by atoms with Gasteiger partial charge in [-0.05, 0) is 39.3 Å². The van der Waals surface area contributed by atoms with Gasteiger partial charge in [-0.1, -0.05) is 6.42 Å². The van der Waals surface area contributed by atoms with Gasteiger partial charge in [-0.15, -0.1) is 11.3 Å². The van der Waals surface area contributed by atoms with Gasteiger partial charge >= 0.3 is 0 Å². The second-order valence-electron chi connectivity index (χ2n) is 5.80. The molecule has 0 aromatic carbocycles. The maximum absolute atomic E-state index is 4.40. The molecule has 100 valence electrons. The molecule has 1 aromatic heterocycles. The Morgan fingerprint density at radius 2 is 2.06 bits per heavy atom. The third-order valence-electron chi connectivity index (χ3n) is 4.82. The third kappa shape index (κ3) is 2.46. The van der Waals surface area contributed by atoms with Gasteiger partial charge < -0.3 is 4.90 Å². The molecule has 0 unspecified atom stereocenters. The fourth-order valence-corrected chi connectivity index (χ4v) is 4.17. The first-order valence-corrected chi connectivity index (χ1v) is 7.98. The van der Waals surface area contributed by atoms with Crippen molar-refractivity contribution < 1.29 is 0 Å². The second-order valence-corrected chi connectivity index (χ2v) is 6.78. The van der Waals surface area contributed by atoms with Crippen molar-refractivity contribution in [3.05, 3.63) is 16.6 Å². The van der Waals surface area contributed by atoms with Crippen LogP contribution in [-0.4, -0.2) is 47.0 Å². The minimum Gasteiger partial charge on any atom is -0.301 e. The van der Waals surface area contributed by atoms with E-state index in [-0.39, 0.29) is 0 Å². The number of hydrogen-bond acceptors (Lipinski definition) is 4. The summed E-state index contributed by atoms with van der Waals surface area (Å²) in [5, 5.41) is 3.35. The van der Waals surface area contributed by atoms with E-state index in [0.717, 1.165) is 6.54 Å². The second kappa shape index (κ2) is 5.27. The zero-order valence-corrected chi connectivity index (χ0v) is 12.1. The van der Waals surface area contributed by atoms with Gasteiger partial charge in [0, 0.05) is 30.2 Å². The van der Waals surface area contributed by atoms with E-state index in [1.807, 2.05) is 6.20 Å². The third-order valence-corrected chi connectivity index (χ3v) is 5.59. The molecule has 0 N–H and O–H groups in total. The summed E-state index contributed by atoms with van der Waals surface area (Å²) in [4.78, 5) is 9.61. The Morgan fingerprint density at radius 1 is 1.22 bits per heavy atom. The molecule has 2 saturated heterocycles. The van der Waals surface area contributed by atoms with Crippen LogP contribution in [0.15, 0.2) is 11.6 Å². The molecule has 0 atom stereocenters. The lowest BCUT2D eigenvalue weighted by atomic mass is 9.79. The van der Waals surface area contributed by atoms with Crippen LogP contribution in [0.2, 0.25) is 0 Å². The molecule has 3 rings (SSSR count). The lowest BCUT2D eigenvalue weighted by Crippen LogP contribution is -2.55. The van der Waals surface area contributed by atoms with Crippen LogP contribution in [0, 0.1) is 0 Å². The molecular weight excluding hydrogens is 242 g/mol. The first-order chi connectivity index (χ1) is 8.78. The topological polar surface area (TPSA) is 19.4 Å². The molecular formula is C14H23N3S. The van der Waals surface area contributed by atoms with Gasteiger partial charge in [0.15, 0.2) is 0 Å². The van der Waals surface area contributed by atoms with Crippen molar-refractivity contribution in [3.8, 4) is 0 Å². The minimum absolute atomic E-state index is 0.525. The lowest BCUT2D eigenvalue weighted by Gasteiger charge is -2.50. The van der Waals surface area contributed by atoms with Gasteiger partial charge in [-0.2, -0.15) is 0 Å². The van der Waals surface area contributed by atoms with E-state index in [1.54, 1.807) is 11.3 Å². The highest BCUT2D eigenvalue weighted by Gasteiger charge is 2.39. The standard InChI is InChI=1S/C14H23N3S/c1-16-8-3-2-4-14(16)5-9-17(10-6-14)12-13-15-7-11-18-13/h7,11H,2-6,8-10,12H2,1H3. The van der Waals surface area contributed by atoms with Crippen LogP contribution in [0.25, 0.3) is 0 Å². The Balaban J connectivity index is 1.57. The Kier molecular flexibility index (Phi) is 3.68. The van der Waals surface area contributed by atoms with Crippen molar-refractivity contribution in [2.24, 2.45) is 0 Å². The molecule has 4 heteroatoms. The number of aromatic nitrogens is 1. The zero-order chi connectivity index (χ0) is 12.4. The van der Waals surface area contributed by atoms with Gasteiger partial charge in [0.1, 0.15) is 5.01 Å². The number of rotatable bonds is 2. The zero-order valence-electron chi connectivity index (χ0n) is 11.3. The summed E-state index contributed by atoms with van der Waals surface area (Å²) in [7, 11) is 2.33. The van der Waals surface area contributed by atoms with E-state index < -0.39 is 0 Å². The van der Waals surface area contributed by atoms with Gasteiger partial charge in [0.2, 0.25) is 0 Å². The van der Waals surface area contributed by atoms with Gasteiger partial charge in [-0.3, -0.25) is 4.90 Å². The van der Waals surface area contributed by atoms with Gasteiger partial charge in [0.05, 0.1) is 6.54 Å². The number of likely N-dealkylation sites (tertiary alicyclic amines) is 2. The highest BCUT2D eigenvalue weighted by molar-refractivity contribution is 7.09. The molecule has 2 aliphatic heterocycles. The van der Waals surface area contributed by atoms with Crippen LogP contribution in [-0.2, 0) is 6.54 Å². The molecule has 1 aromatic rings. The Bertz CT molecular complexity index is 368. The SMILES string of the molecule is CN1CCCCC12CCN(Cc1nccs1)CC2. The molecule has 1 spiro atoms. The van der Waals surface area contributed by atoms with E-state index in [1.165, 1.54) is 56.7 Å². The van der Waals surface area contributed by atoms with Crippen molar-refractivity contribution in [2.75, 3.05) is 26.7 Å². The van der Waals surface area contributed by atoms with E-state index in [9.17, 15) is 0 Å². The molecule has 0 aliphatic carbocycles. The molecule has 0 amide bonds. The number of thiazole rings is 1. The lowest BCUT2D eigenvalue weighted by molar-refractivity contribution is 0.00818. The van der Waals surface area contributed by atoms with Gasteiger partial charge in [-0.25, -0.2) is 4.98 Å². The summed E-state index contributed by atoms with van der Waals surface area (Å²) in [6.45, 7) is 4.83. The van der Waals surface area contributed by atoms with Gasteiger partial charge in [0.25, 0.3) is 0 Å². The summed E-state index contributed by atoms with van der Waals surface area (Å²) >= 11 is 1.78. The molecule has 2 aliphatic rings. The molecule has 0 saturated carbocycles. The number of piperidine rings is 2. The first kappa shape index (κ1) is 12.6. The Hall–Kier alpha value is -0.450. The average molecular weight is 265 g/mol. The van der Waals surface area contributed by atoms with Crippen LogP contribution < -0.4 is 0 Å². The number of hydrogen-bond donors (Lipinski definition) is 0. The first-order valence-electron chi connectivity index (χ1n) is 7.10. The highest BCUT2D eigenvalue weighted by Crippen LogP contribution is 2.36. The average Bonchev–Trinajstić information content (AvgIpc) is 2.89. The summed E-state index contributed by atoms with van der Waals surface area (Å²) in [5.74, 6) is 0. The molecule has 18 heavy (non-hydrogen) atoms. The van der Waals surface area contributed by atoms with Crippen LogP contribution in [0.1, 0.15) is 37.1 Å². The summed E-state index contributed by atoms with van der Waals surface area (Å²) in [6, 6.07) is 0. The van der Waals surface area contributed by atoms with Crippen molar-refractivity contribution >= 4 is 11.3 Å². The Labute approximate surface area is 114 Å². The molecule has 3 heterocycles. The fraction of sp³-hybridized carbons (Fsp3) is 0.786. The Morgan fingerprint density at radius 3 is 2.72 bits per heavy atom. The fourth-order valence-electron chi connectivity index (χ4n) is 3.51. The predicted molar refractivity (Wildman–Crippen MR) is 75.8 cm³/mol. The van der Waals surface area contributed by atoms with E-state index in [4.69, 9.17) is 0 Å². The van der Waals surface area contributed by atoms with E-state index in [0.29, 0.717) is 5.54 Å². The molecule has 2 fully saturated rings. The maximum atomic E-state index is 4.40. The minimum atomic E-state index is 0.525. The smallest absolute Gasteiger partial charge is 0.107 e. The maximum Gasteiger partial charge on any atom is 0.107 e.